The summed E-state index contributed by atoms with van der Waals surface area (Å²) in [4.78, 5) is 5.13. The summed E-state index contributed by atoms with van der Waals surface area (Å²) in [5.41, 5.74) is 0.695. The summed E-state index contributed by atoms with van der Waals surface area (Å²) in [7, 11) is 2.27. The van der Waals surface area contributed by atoms with Gasteiger partial charge < -0.3 is 9.80 Å². The van der Waals surface area contributed by atoms with Crippen LogP contribution in [0.15, 0.2) is 0 Å². The molecule has 0 aliphatic carbocycles. The molecule has 0 unspecified atom stereocenters. The third-order valence-electron chi connectivity index (χ3n) is 4.22. The minimum absolute atomic E-state index is 0.695. The molecule has 0 amide bonds. The summed E-state index contributed by atoms with van der Waals surface area (Å²) < 4.78 is 0. The highest BCUT2D eigenvalue weighted by Crippen LogP contribution is 2.39. The maximum atomic E-state index is 2.63. The molecule has 2 heteroatoms. The molecule has 2 nitrogen and oxygen atoms in total. The molecule has 0 aromatic rings. The molecule has 1 spiro atoms. The van der Waals surface area contributed by atoms with Gasteiger partial charge in [-0.15, -0.1) is 0 Å². The number of hydrogen-bond acceptors (Lipinski definition) is 2. The Morgan fingerprint density at radius 2 is 1.57 bits per heavy atom. The molecule has 82 valence electrons. The highest BCUT2D eigenvalue weighted by Gasteiger charge is 2.39. The third-order valence-corrected chi connectivity index (χ3v) is 4.22. The molecule has 2 heterocycles. The first-order valence-corrected chi connectivity index (χ1v) is 6.04. The van der Waals surface area contributed by atoms with Gasteiger partial charge in [-0.3, -0.25) is 0 Å². The van der Waals surface area contributed by atoms with Crippen molar-refractivity contribution in [2.45, 2.75) is 39.2 Å². The van der Waals surface area contributed by atoms with Crippen molar-refractivity contribution in [3.63, 3.8) is 0 Å². The fourth-order valence-corrected chi connectivity index (χ4v) is 3.08. The predicted molar refractivity (Wildman–Crippen MR) is 60.5 cm³/mol. The SMILES string of the molecule is CC(C)N1CCC2(CCN(C)C2)CC1. The minimum Gasteiger partial charge on any atom is -0.306 e. The van der Waals surface area contributed by atoms with Crippen LogP contribution in [0.1, 0.15) is 33.1 Å². The lowest BCUT2D eigenvalue weighted by Crippen LogP contribution is -2.44. The first-order chi connectivity index (χ1) is 6.61. The van der Waals surface area contributed by atoms with Gasteiger partial charge in [0.15, 0.2) is 0 Å². The molecule has 0 atom stereocenters. The number of piperidine rings is 1. The summed E-state index contributed by atoms with van der Waals surface area (Å²) in [5.74, 6) is 0. The van der Waals surface area contributed by atoms with Crippen molar-refractivity contribution in [1.29, 1.82) is 0 Å². The molecule has 0 N–H and O–H groups in total. The minimum atomic E-state index is 0.695. The molecule has 2 fully saturated rings. The van der Waals surface area contributed by atoms with Gasteiger partial charge >= 0.3 is 0 Å². The Hall–Kier alpha value is -0.0800. The molecule has 2 aliphatic heterocycles. The van der Waals surface area contributed by atoms with Crippen LogP contribution in [0.5, 0.6) is 0 Å². The van der Waals surface area contributed by atoms with Crippen LogP contribution in [-0.2, 0) is 0 Å². The van der Waals surface area contributed by atoms with E-state index in [1.165, 1.54) is 45.4 Å². The summed E-state index contributed by atoms with van der Waals surface area (Å²) in [6.07, 6.45) is 4.29. The molecule has 2 saturated heterocycles. The molecule has 14 heavy (non-hydrogen) atoms. The van der Waals surface area contributed by atoms with E-state index in [9.17, 15) is 0 Å². The summed E-state index contributed by atoms with van der Waals surface area (Å²) in [6, 6.07) is 0.742. The van der Waals surface area contributed by atoms with Crippen molar-refractivity contribution < 1.29 is 0 Å². The Morgan fingerprint density at radius 1 is 1.00 bits per heavy atom. The fraction of sp³-hybridized carbons (Fsp3) is 1.00. The number of likely N-dealkylation sites (tertiary alicyclic amines) is 2. The largest absolute Gasteiger partial charge is 0.306 e. The fourth-order valence-electron chi connectivity index (χ4n) is 3.08. The van der Waals surface area contributed by atoms with Crippen LogP contribution >= 0.6 is 0 Å². The van der Waals surface area contributed by atoms with Crippen molar-refractivity contribution in [3.8, 4) is 0 Å². The molecule has 0 saturated carbocycles. The second-order valence-electron chi connectivity index (χ2n) is 5.62. The zero-order chi connectivity index (χ0) is 10.2. The van der Waals surface area contributed by atoms with Gasteiger partial charge in [0.1, 0.15) is 0 Å². The van der Waals surface area contributed by atoms with Crippen molar-refractivity contribution in [1.82, 2.24) is 9.80 Å². The smallest absolute Gasteiger partial charge is 0.00385 e. The Labute approximate surface area is 88.3 Å². The highest BCUT2D eigenvalue weighted by molar-refractivity contribution is 4.93. The van der Waals surface area contributed by atoms with Crippen LogP contribution < -0.4 is 0 Å². The van der Waals surface area contributed by atoms with Gasteiger partial charge in [-0.2, -0.15) is 0 Å². The highest BCUT2D eigenvalue weighted by atomic mass is 15.2. The van der Waals surface area contributed by atoms with E-state index in [2.05, 4.69) is 30.7 Å². The maximum absolute atomic E-state index is 2.63. The zero-order valence-electron chi connectivity index (χ0n) is 9.92. The quantitative estimate of drug-likeness (QED) is 0.631. The topological polar surface area (TPSA) is 6.48 Å². The maximum Gasteiger partial charge on any atom is 0.00385 e. The van der Waals surface area contributed by atoms with E-state index in [0.29, 0.717) is 5.41 Å². The van der Waals surface area contributed by atoms with Crippen molar-refractivity contribution in [2.24, 2.45) is 5.41 Å². The molecular weight excluding hydrogens is 172 g/mol. The first-order valence-electron chi connectivity index (χ1n) is 6.04. The second kappa shape index (κ2) is 3.82. The van der Waals surface area contributed by atoms with E-state index in [1.807, 2.05) is 0 Å². The summed E-state index contributed by atoms with van der Waals surface area (Å²) in [6.45, 7) is 9.95. The van der Waals surface area contributed by atoms with Gasteiger partial charge in [0, 0.05) is 12.6 Å². The lowest BCUT2D eigenvalue weighted by molar-refractivity contribution is 0.0892. The third kappa shape index (κ3) is 1.96. The predicted octanol–water partition coefficient (Wildman–Crippen LogP) is 1.81. The number of hydrogen-bond donors (Lipinski definition) is 0. The Balaban J connectivity index is 1.89. The molecule has 0 aromatic carbocycles. The Bertz CT molecular complexity index is 192. The van der Waals surface area contributed by atoms with Gasteiger partial charge in [-0.1, -0.05) is 0 Å². The number of nitrogens with zero attached hydrogens (tertiary/aromatic N) is 2. The van der Waals surface area contributed by atoms with Gasteiger partial charge in [0.25, 0.3) is 0 Å². The van der Waals surface area contributed by atoms with E-state index in [0.717, 1.165) is 6.04 Å². The van der Waals surface area contributed by atoms with Crippen LogP contribution in [0.25, 0.3) is 0 Å². The molecule has 0 bridgehead atoms. The zero-order valence-corrected chi connectivity index (χ0v) is 9.92. The van der Waals surface area contributed by atoms with E-state index < -0.39 is 0 Å². The van der Waals surface area contributed by atoms with Crippen molar-refractivity contribution >= 4 is 0 Å². The van der Waals surface area contributed by atoms with Gasteiger partial charge in [0.05, 0.1) is 0 Å². The summed E-state index contributed by atoms with van der Waals surface area (Å²) in [5, 5.41) is 0. The van der Waals surface area contributed by atoms with Crippen LogP contribution in [0.3, 0.4) is 0 Å². The van der Waals surface area contributed by atoms with Crippen LogP contribution in [-0.4, -0.2) is 49.1 Å². The Morgan fingerprint density at radius 3 is 2.00 bits per heavy atom. The second-order valence-corrected chi connectivity index (χ2v) is 5.62. The lowest BCUT2D eigenvalue weighted by atomic mass is 9.77. The van der Waals surface area contributed by atoms with E-state index in [-0.39, 0.29) is 0 Å². The molecule has 0 aromatic heterocycles. The van der Waals surface area contributed by atoms with Crippen LogP contribution in [0.4, 0.5) is 0 Å². The standard InChI is InChI=1S/C12H24N2/c1-11(2)14-8-5-12(6-9-14)4-7-13(3)10-12/h11H,4-10H2,1-3H3. The van der Waals surface area contributed by atoms with Gasteiger partial charge in [-0.25, -0.2) is 0 Å². The van der Waals surface area contributed by atoms with Crippen LogP contribution in [0, 0.1) is 5.41 Å². The molecular formula is C12H24N2. The molecule has 2 aliphatic rings. The Kier molecular flexibility index (Phi) is 2.85. The van der Waals surface area contributed by atoms with E-state index in [4.69, 9.17) is 0 Å². The molecule has 2 rings (SSSR count). The van der Waals surface area contributed by atoms with Crippen molar-refractivity contribution in [2.75, 3.05) is 33.2 Å². The van der Waals surface area contributed by atoms with Gasteiger partial charge in [0.2, 0.25) is 0 Å². The monoisotopic (exact) mass is 196 g/mol. The van der Waals surface area contributed by atoms with Crippen LogP contribution in [0.2, 0.25) is 0 Å². The van der Waals surface area contributed by atoms with Crippen molar-refractivity contribution in [3.05, 3.63) is 0 Å². The first kappa shape index (κ1) is 10.4. The van der Waals surface area contributed by atoms with E-state index >= 15 is 0 Å². The number of rotatable bonds is 1. The van der Waals surface area contributed by atoms with Gasteiger partial charge in [-0.05, 0) is 65.2 Å². The normalized spacial score (nSPS) is 29.1. The average molecular weight is 196 g/mol. The lowest BCUT2D eigenvalue weighted by Gasteiger charge is -2.41. The molecule has 0 radical (unpaired) electrons. The average Bonchev–Trinajstić information content (AvgIpc) is 2.48. The summed E-state index contributed by atoms with van der Waals surface area (Å²) >= 11 is 0. The van der Waals surface area contributed by atoms with E-state index in [1.54, 1.807) is 0 Å².